The van der Waals surface area contributed by atoms with E-state index in [-0.39, 0.29) is 11.3 Å². The number of hydrogen-bond donors (Lipinski definition) is 4. The molecular formula is C22H21N3O4. The third-order valence-corrected chi connectivity index (χ3v) is 4.49. The molecule has 0 bridgehead atoms. The molecule has 0 unspecified atom stereocenters. The number of urea groups is 1. The highest BCUT2D eigenvalue weighted by Gasteiger charge is 2.19. The van der Waals surface area contributed by atoms with Gasteiger partial charge in [-0.15, -0.1) is 0 Å². The van der Waals surface area contributed by atoms with Gasteiger partial charge in [-0.1, -0.05) is 42.5 Å². The van der Waals surface area contributed by atoms with Crippen LogP contribution >= 0.6 is 0 Å². The number of amides is 3. The molecule has 3 aromatic carbocycles. The molecule has 4 N–H and O–H groups in total. The van der Waals surface area contributed by atoms with Gasteiger partial charge in [-0.3, -0.25) is 9.59 Å². The number of benzene rings is 3. The van der Waals surface area contributed by atoms with Gasteiger partial charge in [0.25, 0.3) is 5.91 Å². The zero-order valence-electron chi connectivity index (χ0n) is 16.0. The Bertz CT molecular complexity index is 1090. The topological polar surface area (TPSA) is 108 Å². The number of carboxylic acids is 1. The van der Waals surface area contributed by atoms with Gasteiger partial charge in [0.1, 0.15) is 6.04 Å². The predicted octanol–water partition coefficient (Wildman–Crippen LogP) is 4.00. The van der Waals surface area contributed by atoms with Gasteiger partial charge < -0.3 is 21.1 Å². The minimum atomic E-state index is -1.15. The molecule has 3 rings (SSSR count). The van der Waals surface area contributed by atoms with Crippen LogP contribution in [0.5, 0.6) is 0 Å². The molecule has 7 heteroatoms. The number of nitrogens with one attached hydrogen (secondary N) is 3. The van der Waals surface area contributed by atoms with Crippen LogP contribution in [-0.4, -0.2) is 29.1 Å². The summed E-state index contributed by atoms with van der Waals surface area (Å²) in [4.78, 5) is 36.3. The highest BCUT2D eigenvalue weighted by Crippen LogP contribution is 2.25. The summed E-state index contributed by atoms with van der Waals surface area (Å²) in [7, 11) is 0. The average molecular weight is 391 g/mol. The Labute approximate surface area is 167 Å². The zero-order valence-corrected chi connectivity index (χ0v) is 16.0. The van der Waals surface area contributed by atoms with E-state index in [0.717, 1.165) is 16.3 Å². The smallest absolute Gasteiger partial charge is 0.325 e. The monoisotopic (exact) mass is 391 g/mol. The summed E-state index contributed by atoms with van der Waals surface area (Å²) in [5.41, 5.74) is 2.01. The van der Waals surface area contributed by atoms with Gasteiger partial charge in [-0.25, -0.2) is 4.79 Å². The summed E-state index contributed by atoms with van der Waals surface area (Å²) >= 11 is 0. The normalized spacial score (nSPS) is 11.5. The molecule has 3 amide bonds. The maximum Gasteiger partial charge on any atom is 0.325 e. The van der Waals surface area contributed by atoms with Crippen LogP contribution in [0.3, 0.4) is 0 Å². The molecule has 0 aromatic heterocycles. The van der Waals surface area contributed by atoms with E-state index in [4.69, 9.17) is 5.11 Å². The molecule has 0 aliphatic carbocycles. The van der Waals surface area contributed by atoms with Crippen LogP contribution in [0.15, 0.2) is 60.7 Å². The van der Waals surface area contributed by atoms with Crippen LogP contribution < -0.4 is 16.0 Å². The highest BCUT2D eigenvalue weighted by molar-refractivity contribution is 6.10. The molecule has 7 nitrogen and oxygen atoms in total. The second-order valence-electron chi connectivity index (χ2n) is 6.67. The number of aryl methyl sites for hydroxylation is 1. The van der Waals surface area contributed by atoms with E-state index in [1.165, 1.54) is 6.92 Å². The third kappa shape index (κ3) is 4.70. The molecule has 0 saturated carbocycles. The van der Waals surface area contributed by atoms with E-state index < -0.39 is 23.9 Å². The van der Waals surface area contributed by atoms with Crippen molar-refractivity contribution in [3.8, 4) is 0 Å². The molecule has 0 fully saturated rings. The van der Waals surface area contributed by atoms with Gasteiger partial charge in [0.15, 0.2) is 0 Å². The molecule has 29 heavy (non-hydrogen) atoms. The Morgan fingerprint density at radius 2 is 1.45 bits per heavy atom. The number of para-hydroxylation sites is 1. The summed E-state index contributed by atoms with van der Waals surface area (Å²) in [6, 6.07) is 16.5. The predicted molar refractivity (Wildman–Crippen MR) is 112 cm³/mol. The Hall–Kier alpha value is -3.87. The molecule has 148 valence electrons. The van der Waals surface area contributed by atoms with E-state index in [1.54, 1.807) is 18.2 Å². The van der Waals surface area contributed by atoms with E-state index >= 15 is 0 Å². The minimum Gasteiger partial charge on any atom is -0.480 e. The third-order valence-electron chi connectivity index (χ3n) is 4.49. The lowest BCUT2D eigenvalue weighted by molar-refractivity contribution is -0.138. The van der Waals surface area contributed by atoms with Crippen molar-refractivity contribution in [2.45, 2.75) is 19.9 Å². The van der Waals surface area contributed by atoms with Gasteiger partial charge in [-0.05, 0) is 48.4 Å². The SMILES string of the molecule is Cc1ccccc1NC(=O)Nc1cc2ccccc2cc1C(=O)N[C@@H](C)C(=O)O. The van der Waals surface area contributed by atoms with Gasteiger partial charge in [0.05, 0.1) is 11.3 Å². The molecule has 0 heterocycles. The van der Waals surface area contributed by atoms with E-state index in [2.05, 4.69) is 16.0 Å². The van der Waals surface area contributed by atoms with Crippen molar-refractivity contribution in [1.82, 2.24) is 5.32 Å². The largest absolute Gasteiger partial charge is 0.480 e. The fraction of sp³-hybridized carbons (Fsp3) is 0.136. The van der Waals surface area contributed by atoms with E-state index in [1.807, 2.05) is 49.4 Å². The van der Waals surface area contributed by atoms with Crippen LogP contribution in [0.1, 0.15) is 22.8 Å². The van der Waals surface area contributed by atoms with Crippen molar-refractivity contribution < 1.29 is 19.5 Å². The van der Waals surface area contributed by atoms with Crippen molar-refractivity contribution in [2.24, 2.45) is 0 Å². The minimum absolute atomic E-state index is 0.178. The lowest BCUT2D eigenvalue weighted by Gasteiger charge is -2.16. The quantitative estimate of drug-likeness (QED) is 0.527. The summed E-state index contributed by atoms with van der Waals surface area (Å²) in [5, 5.41) is 18.6. The molecule has 1 atom stereocenters. The first-order chi connectivity index (χ1) is 13.8. The lowest BCUT2D eigenvalue weighted by Crippen LogP contribution is -2.38. The molecule has 3 aromatic rings. The van der Waals surface area contributed by atoms with Crippen LogP contribution in [0, 0.1) is 6.92 Å². The van der Waals surface area contributed by atoms with Crippen LogP contribution in [-0.2, 0) is 4.79 Å². The van der Waals surface area contributed by atoms with Gasteiger partial charge in [0, 0.05) is 5.69 Å². The van der Waals surface area contributed by atoms with Crippen LogP contribution in [0.2, 0.25) is 0 Å². The summed E-state index contributed by atoms with van der Waals surface area (Å²) in [5.74, 6) is -1.73. The number of carbonyl (C=O) groups excluding carboxylic acids is 2. The Balaban J connectivity index is 1.92. The number of carboxylic acid groups (broad SMARTS) is 1. The van der Waals surface area contributed by atoms with Crippen molar-refractivity contribution in [3.63, 3.8) is 0 Å². The van der Waals surface area contributed by atoms with E-state index in [0.29, 0.717) is 5.69 Å². The second-order valence-corrected chi connectivity index (χ2v) is 6.67. The fourth-order valence-electron chi connectivity index (χ4n) is 2.86. The first-order valence-corrected chi connectivity index (χ1v) is 9.05. The fourth-order valence-corrected chi connectivity index (χ4v) is 2.86. The van der Waals surface area contributed by atoms with Crippen molar-refractivity contribution >= 4 is 40.1 Å². The molecule has 0 radical (unpaired) electrons. The Morgan fingerprint density at radius 3 is 2.10 bits per heavy atom. The maximum atomic E-state index is 12.7. The van der Waals surface area contributed by atoms with Gasteiger partial charge in [0.2, 0.25) is 0 Å². The molecular weight excluding hydrogens is 370 g/mol. The second kappa shape index (κ2) is 8.43. The maximum absolute atomic E-state index is 12.7. The molecule has 0 spiro atoms. The number of rotatable bonds is 5. The summed E-state index contributed by atoms with van der Waals surface area (Å²) in [6.45, 7) is 3.25. The number of aliphatic carboxylic acids is 1. The highest BCUT2D eigenvalue weighted by atomic mass is 16.4. The van der Waals surface area contributed by atoms with Crippen molar-refractivity contribution in [3.05, 3.63) is 71.8 Å². The van der Waals surface area contributed by atoms with Crippen LogP contribution in [0.25, 0.3) is 10.8 Å². The lowest BCUT2D eigenvalue weighted by atomic mass is 10.0. The molecule has 0 aliphatic heterocycles. The van der Waals surface area contributed by atoms with Crippen LogP contribution in [0.4, 0.5) is 16.2 Å². The first-order valence-electron chi connectivity index (χ1n) is 9.05. The van der Waals surface area contributed by atoms with Crippen molar-refractivity contribution in [2.75, 3.05) is 10.6 Å². The standard InChI is InChI=1S/C22H21N3O4/c1-13-7-3-6-10-18(13)24-22(29)25-19-12-16-9-5-4-8-15(16)11-17(19)20(26)23-14(2)21(27)28/h3-12,14H,1-2H3,(H,23,26)(H,27,28)(H2,24,25,29)/t14-/m0/s1. The van der Waals surface area contributed by atoms with Gasteiger partial charge in [-0.2, -0.15) is 0 Å². The van der Waals surface area contributed by atoms with Gasteiger partial charge >= 0.3 is 12.0 Å². The van der Waals surface area contributed by atoms with Crippen molar-refractivity contribution in [1.29, 1.82) is 0 Å². The Morgan fingerprint density at radius 1 is 0.862 bits per heavy atom. The number of carbonyl (C=O) groups is 3. The molecule has 0 saturated heterocycles. The Kier molecular flexibility index (Phi) is 5.78. The number of anilines is 2. The average Bonchev–Trinajstić information content (AvgIpc) is 2.69. The number of fused-ring (bicyclic) bond motifs is 1. The molecule has 0 aliphatic rings. The first kappa shape index (κ1) is 19.9. The number of hydrogen-bond acceptors (Lipinski definition) is 3. The summed E-state index contributed by atoms with van der Waals surface area (Å²) < 4.78 is 0. The zero-order chi connectivity index (χ0) is 21.0. The van der Waals surface area contributed by atoms with E-state index in [9.17, 15) is 14.4 Å². The summed E-state index contributed by atoms with van der Waals surface area (Å²) in [6.07, 6.45) is 0.